The topological polar surface area (TPSA) is 0 Å². The minimum atomic E-state index is -5.75. The Balaban J connectivity index is 5.12. The number of halogens is 8. The molecule has 0 N–H and O–H groups in total. The van der Waals surface area contributed by atoms with E-state index in [4.69, 9.17) is 11.1 Å². The molecule has 9 heteroatoms. The summed E-state index contributed by atoms with van der Waals surface area (Å²) in [6.45, 7) is 4.41. The van der Waals surface area contributed by atoms with Crippen LogP contribution in [0.15, 0.2) is 0 Å². The van der Waals surface area contributed by atoms with E-state index in [1.54, 1.807) is 6.92 Å². The van der Waals surface area contributed by atoms with E-state index < -0.39 is 50.2 Å². The lowest BCUT2D eigenvalue weighted by Crippen LogP contribution is -2.58. The van der Waals surface area contributed by atoms with Crippen molar-refractivity contribution in [2.75, 3.05) is 0 Å². The van der Waals surface area contributed by atoms with Crippen LogP contribution in [-0.2, 0) is 0 Å². The van der Waals surface area contributed by atoms with Crippen molar-refractivity contribution in [3.05, 3.63) is 0 Å². The molecule has 21 heavy (non-hydrogen) atoms. The normalized spacial score (nSPS) is 16.1. The van der Waals surface area contributed by atoms with Gasteiger partial charge in [-0.25, -0.2) is 4.39 Å². The van der Waals surface area contributed by atoms with Crippen molar-refractivity contribution in [1.29, 1.82) is 0 Å². The standard InChI is InChI=1S/C12H20ClF7Si/c1-4-5-6-9(14)11(17,18)12(19,20)10(15,16)7-8-21(2,3)13/h9H,4-8H2,1-3H3. The second-order valence-corrected chi connectivity index (χ2v) is 12.7. The predicted octanol–water partition coefficient (Wildman–Crippen LogP) is 6.25. The molecule has 0 heterocycles. The average molecular weight is 361 g/mol. The van der Waals surface area contributed by atoms with Gasteiger partial charge in [0.25, 0.3) is 0 Å². The van der Waals surface area contributed by atoms with Gasteiger partial charge in [-0.15, -0.1) is 0 Å². The van der Waals surface area contributed by atoms with Crippen LogP contribution < -0.4 is 0 Å². The molecule has 0 fully saturated rings. The highest BCUT2D eigenvalue weighted by Gasteiger charge is 2.73. The third-order valence-corrected chi connectivity index (χ3v) is 5.12. The number of hydrogen-bond donors (Lipinski definition) is 0. The van der Waals surface area contributed by atoms with E-state index in [1.165, 1.54) is 13.1 Å². The van der Waals surface area contributed by atoms with Crippen molar-refractivity contribution >= 4 is 18.5 Å². The smallest absolute Gasteiger partial charge is 0.241 e. The first-order chi connectivity index (χ1) is 9.19. The van der Waals surface area contributed by atoms with Crippen LogP contribution in [0.3, 0.4) is 0 Å². The Morgan fingerprint density at radius 2 is 1.52 bits per heavy atom. The minimum absolute atomic E-state index is 0.0833. The maximum absolute atomic E-state index is 13.5. The molecule has 0 aromatic carbocycles. The Bertz CT molecular complexity index is 328. The third-order valence-electron chi connectivity index (χ3n) is 3.12. The van der Waals surface area contributed by atoms with Crippen molar-refractivity contribution in [3.63, 3.8) is 0 Å². The summed E-state index contributed by atoms with van der Waals surface area (Å²) in [5.74, 6) is -16.2. The first-order valence-electron chi connectivity index (χ1n) is 6.65. The molecule has 0 radical (unpaired) electrons. The molecule has 0 spiro atoms. The van der Waals surface area contributed by atoms with Gasteiger partial charge in [0.1, 0.15) is 0 Å². The monoisotopic (exact) mass is 360 g/mol. The van der Waals surface area contributed by atoms with Crippen LogP contribution in [0.5, 0.6) is 0 Å². The van der Waals surface area contributed by atoms with E-state index in [2.05, 4.69) is 0 Å². The minimum Gasteiger partial charge on any atom is -0.241 e. The predicted molar refractivity (Wildman–Crippen MR) is 72.0 cm³/mol. The molecule has 0 nitrogen and oxygen atoms in total. The molecule has 1 unspecified atom stereocenters. The zero-order valence-electron chi connectivity index (χ0n) is 12.1. The van der Waals surface area contributed by atoms with Crippen LogP contribution in [0.2, 0.25) is 19.1 Å². The number of hydrogen-bond acceptors (Lipinski definition) is 0. The molecule has 0 aliphatic heterocycles. The van der Waals surface area contributed by atoms with Crippen molar-refractivity contribution in [3.8, 4) is 0 Å². The highest BCUT2D eigenvalue weighted by Crippen LogP contribution is 2.51. The third kappa shape index (κ3) is 5.30. The fourth-order valence-corrected chi connectivity index (χ4v) is 2.81. The number of rotatable bonds is 9. The Morgan fingerprint density at radius 3 is 1.90 bits per heavy atom. The molecule has 128 valence electrons. The molecule has 0 saturated heterocycles. The quantitative estimate of drug-likeness (QED) is 0.259. The van der Waals surface area contributed by atoms with E-state index >= 15 is 0 Å². The van der Waals surface area contributed by atoms with Gasteiger partial charge in [-0.1, -0.05) is 32.9 Å². The van der Waals surface area contributed by atoms with E-state index in [-0.39, 0.29) is 6.42 Å². The lowest BCUT2D eigenvalue weighted by molar-refractivity contribution is -0.325. The van der Waals surface area contributed by atoms with Crippen molar-refractivity contribution < 1.29 is 30.7 Å². The average Bonchev–Trinajstić information content (AvgIpc) is 2.32. The highest BCUT2D eigenvalue weighted by atomic mass is 35.6. The van der Waals surface area contributed by atoms with Crippen molar-refractivity contribution in [1.82, 2.24) is 0 Å². The molecular formula is C12H20ClF7Si. The Morgan fingerprint density at radius 1 is 1.05 bits per heavy atom. The van der Waals surface area contributed by atoms with Gasteiger partial charge in [0.2, 0.25) is 0 Å². The van der Waals surface area contributed by atoms with Crippen LogP contribution >= 0.6 is 11.1 Å². The first-order valence-corrected chi connectivity index (χ1v) is 10.9. The Labute approximate surface area is 125 Å². The molecule has 0 aliphatic rings. The SMILES string of the molecule is CCCCC(F)C(F)(F)C(F)(F)C(F)(F)CC[Si](C)(C)Cl. The van der Waals surface area contributed by atoms with Crippen LogP contribution in [0.25, 0.3) is 0 Å². The zero-order chi connectivity index (χ0) is 17.1. The summed E-state index contributed by atoms with van der Waals surface area (Å²) >= 11 is 5.73. The fraction of sp³-hybridized carbons (Fsp3) is 1.00. The molecule has 0 aromatic rings. The maximum Gasteiger partial charge on any atom is 0.374 e. The van der Waals surface area contributed by atoms with Crippen molar-refractivity contribution in [2.24, 2.45) is 0 Å². The number of alkyl halides is 7. The Kier molecular flexibility index (Phi) is 7.07. The second kappa shape index (κ2) is 7.06. The molecular weight excluding hydrogens is 341 g/mol. The molecule has 0 saturated carbocycles. The van der Waals surface area contributed by atoms with E-state index in [9.17, 15) is 30.7 Å². The summed E-state index contributed by atoms with van der Waals surface area (Å²) < 4.78 is 94.0. The maximum atomic E-state index is 13.5. The van der Waals surface area contributed by atoms with Gasteiger partial charge < -0.3 is 0 Å². The molecule has 0 bridgehead atoms. The lowest BCUT2D eigenvalue weighted by atomic mass is 9.96. The molecule has 0 amide bonds. The van der Waals surface area contributed by atoms with Gasteiger partial charge in [-0.2, -0.15) is 37.4 Å². The van der Waals surface area contributed by atoms with E-state index in [0.717, 1.165) is 0 Å². The summed E-state index contributed by atoms with van der Waals surface area (Å²) in [5, 5.41) is 0. The summed E-state index contributed by atoms with van der Waals surface area (Å²) in [4.78, 5) is 0. The summed E-state index contributed by atoms with van der Waals surface area (Å²) in [5.41, 5.74) is 0. The second-order valence-electron chi connectivity index (χ2n) is 5.73. The fourth-order valence-electron chi connectivity index (χ4n) is 1.62. The van der Waals surface area contributed by atoms with Crippen LogP contribution in [-0.4, -0.2) is 31.3 Å². The van der Waals surface area contributed by atoms with Crippen LogP contribution in [0.1, 0.15) is 32.6 Å². The number of unbranched alkanes of at least 4 members (excludes halogenated alkanes) is 1. The zero-order valence-corrected chi connectivity index (χ0v) is 13.9. The van der Waals surface area contributed by atoms with Crippen LogP contribution in [0.4, 0.5) is 30.7 Å². The molecule has 1 atom stereocenters. The van der Waals surface area contributed by atoms with Gasteiger partial charge in [-0.05, 0) is 12.5 Å². The van der Waals surface area contributed by atoms with E-state index in [1.807, 2.05) is 0 Å². The first kappa shape index (κ1) is 21.0. The summed E-state index contributed by atoms with van der Waals surface area (Å²) in [6, 6.07) is -0.473. The van der Waals surface area contributed by atoms with Crippen molar-refractivity contribution in [2.45, 2.75) is 75.7 Å². The Hall–Kier alpha value is 0.0169. The lowest BCUT2D eigenvalue weighted by Gasteiger charge is -2.35. The molecule has 0 aliphatic carbocycles. The van der Waals surface area contributed by atoms with E-state index in [0.29, 0.717) is 6.42 Å². The van der Waals surface area contributed by atoms with Gasteiger partial charge >= 0.3 is 17.8 Å². The van der Waals surface area contributed by atoms with Gasteiger partial charge in [0.15, 0.2) is 13.6 Å². The summed E-state index contributed by atoms with van der Waals surface area (Å²) in [7, 11) is -2.63. The largest absolute Gasteiger partial charge is 0.374 e. The summed E-state index contributed by atoms with van der Waals surface area (Å²) in [6.07, 6.45) is -5.46. The highest BCUT2D eigenvalue weighted by molar-refractivity contribution is 7.19. The molecule has 0 aromatic heterocycles. The van der Waals surface area contributed by atoms with Gasteiger partial charge in [-0.3, -0.25) is 0 Å². The molecule has 0 rings (SSSR count). The van der Waals surface area contributed by atoms with Gasteiger partial charge in [0.05, 0.1) is 0 Å². The van der Waals surface area contributed by atoms with Crippen LogP contribution in [0, 0.1) is 0 Å². The van der Waals surface area contributed by atoms with Gasteiger partial charge in [0, 0.05) is 6.42 Å².